The van der Waals surface area contributed by atoms with Crippen LogP contribution < -0.4 is 0 Å². The van der Waals surface area contributed by atoms with Gasteiger partial charge in [0.15, 0.2) is 0 Å². The summed E-state index contributed by atoms with van der Waals surface area (Å²) in [5.41, 5.74) is 0. The molecule has 0 rings (SSSR count). The molecule has 0 spiro atoms. The number of rotatable bonds is 3. The summed E-state index contributed by atoms with van der Waals surface area (Å²) in [4.78, 5) is 0. The molecule has 3 nitrogen and oxygen atoms in total. The van der Waals surface area contributed by atoms with Gasteiger partial charge >= 0.3 is 6.87 Å². The van der Waals surface area contributed by atoms with E-state index < -0.39 is 11.5 Å². The molecule has 0 aliphatic carbocycles. The third kappa shape index (κ3) is 5.51. The third-order valence-electron chi connectivity index (χ3n) is 0.483. The Kier molecular flexibility index (Phi) is 4.91. The molecule has 0 amide bonds. The van der Waals surface area contributed by atoms with Crippen molar-refractivity contribution in [1.82, 2.24) is 0 Å². The molecule has 0 aromatic heterocycles. The van der Waals surface area contributed by atoms with Crippen LogP contribution in [0.3, 0.4) is 0 Å². The molecule has 7 heteroatoms. The van der Waals surface area contributed by atoms with E-state index in [9.17, 15) is 4.57 Å². The van der Waals surface area contributed by atoms with Crippen LogP contribution in [-0.4, -0.2) is 11.2 Å². The third-order valence-corrected chi connectivity index (χ3v) is 2.42. The molecule has 0 saturated heterocycles. The molecule has 0 aliphatic heterocycles. The molecule has 0 heterocycles. The predicted octanol–water partition coefficient (Wildman–Crippen LogP) is 3.20. The largest absolute Gasteiger partial charge is 0.408 e. The Balaban J connectivity index is 4.14. The molecular weight excluding hydrogens is 219 g/mol. The second-order valence-electron chi connectivity index (χ2n) is 1.21. The fourth-order valence-electron chi connectivity index (χ4n) is 0.278. The zero-order chi connectivity index (χ0) is 8.20. The topological polar surface area (TPSA) is 38.7 Å². The Labute approximate surface area is 73.6 Å². The number of hydrogen-bond donors (Lipinski definition) is 0. The minimum atomic E-state index is -3.45. The van der Waals surface area contributed by atoms with Crippen molar-refractivity contribution in [1.29, 1.82) is 0 Å². The first-order valence-corrected chi connectivity index (χ1v) is 5.57. The quantitative estimate of drug-likeness (QED) is 0.545. The van der Waals surface area contributed by atoms with Crippen LogP contribution in [0.15, 0.2) is 4.76 Å². The van der Waals surface area contributed by atoms with Crippen LogP contribution >= 0.6 is 41.3 Å². The first-order valence-electron chi connectivity index (χ1n) is 2.33. The summed E-state index contributed by atoms with van der Waals surface area (Å²) in [5.74, 6) is 0. The highest BCUT2D eigenvalue weighted by atomic mass is 35.7. The van der Waals surface area contributed by atoms with Gasteiger partial charge in [0.1, 0.15) is 0 Å². The van der Waals surface area contributed by atoms with Gasteiger partial charge in [-0.1, -0.05) is 0 Å². The average molecular weight is 224 g/mol. The van der Waals surface area contributed by atoms with Crippen molar-refractivity contribution in [2.45, 2.75) is 6.92 Å². The summed E-state index contributed by atoms with van der Waals surface area (Å²) in [6.45, 7) is -1.62. The molecule has 60 valence electrons. The van der Waals surface area contributed by atoms with Crippen LogP contribution in [0.1, 0.15) is 6.92 Å². The lowest BCUT2D eigenvalue weighted by molar-refractivity contribution is 0.346. The molecule has 0 aromatic rings. The molecule has 0 bridgehead atoms. The van der Waals surface area contributed by atoms with Crippen LogP contribution in [0.2, 0.25) is 0 Å². The maximum atomic E-state index is 10.8. The number of hydrogen-bond acceptors (Lipinski definition) is 2. The van der Waals surface area contributed by atoms with E-state index in [2.05, 4.69) is 9.29 Å². The number of nitrogens with zero attached hydrogens (tertiary/aromatic N) is 1. The lowest BCUT2D eigenvalue weighted by Crippen LogP contribution is -1.81. The number of halogens is 3. The van der Waals surface area contributed by atoms with Crippen molar-refractivity contribution < 1.29 is 9.09 Å². The van der Waals surface area contributed by atoms with E-state index in [0.29, 0.717) is 0 Å². The van der Waals surface area contributed by atoms with E-state index in [1.165, 1.54) is 0 Å². The van der Waals surface area contributed by atoms with E-state index >= 15 is 0 Å². The maximum absolute atomic E-state index is 10.8. The Hall–Kier alpha value is 0.730. The van der Waals surface area contributed by atoms with E-state index in [1.807, 2.05) is 0 Å². The van der Waals surface area contributed by atoms with Gasteiger partial charge in [-0.15, -0.1) is 0 Å². The fourth-order valence-corrected chi connectivity index (χ4v) is 2.18. The SMILES string of the molecule is CCOP(=O)(Cl)N=C(Cl)Cl. The molecular formula is C3H5Cl3NO2P. The van der Waals surface area contributed by atoms with Gasteiger partial charge in [-0.05, 0) is 41.4 Å². The molecule has 0 fully saturated rings. The second kappa shape index (κ2) is 4.58. The van der Waals surface area contributed by atoms with Crippen molar-refractivity contribution in [2.24, 2.45) is 4.76 Å². The van der Waals surface area contributed by atoms with Gasteiger partial charge in [-0.2, -0.15) is 4.76 Å². The Morgan fingerprint density at radius 2 is 2.20 bits per heavy atom. The van der Waals surface area contributed by atoms with Crippen molar-refractivity contribution in [2.75, 3.05) is 6.61 Å². The highest BCUT2D eigenvalue weighted by molar-refractivity contribution is 7.84. The molecule has 0 aromatic carbocycles. The van der Waals surface area contributed by atoms with Gasteiger partial charge in [0, 0.05) is 0 Å². The summed E-state index contributed by atoms with van der Waals surface area (Å²) in [6, 6.07) is 0. The Morgan fingerprint density at radius 3 is 2.50 bits per heavy atom. The molecule has 0 N–H and O–H groups in total. The van der Waals surface area contributed by atoms with Crippen LogP contribution in [0.25, 0.3) is 0 Å². The van der Waals surface area contributed by atoms with E-state index in [1.54, 1.807) is 6.92 Å². The van der Waals surface area contributed by atoms with E-state index in [4.69, 9.17) is 34.4 Å². The summed E-state index contributed by atoms with van der Waals surface area (Å²) >= 11 is 15.4. The van der Waals surface area contributed by atoms with Crippen molar-refractivity contribution in [3.63, 3.8) is 0 Å². The zero-order valence-electron chi connectivity index (χ0n) is 5.05. The zero-order valence-corrected chi connectivity index (χ0v) is 8.21. The molecule has 0 aliphatic rings. The van der Waals surface area contributed by atoms with Gasteiger partial charge < -0.3 is 4.52 Å². The van der Waals surface area contributed by atoms with Gasteiger partial charge in [0.2, 0.25) is 4.63 Å². The fraction of sp³-hybridized carbons (Fsp3) is 0.667. The average Bonchev–Trinajstić information content (AvgIpc) is 1.59. The highest BCUT2D eigenvalue weighted by Crippen LogP contribution is 2.54. The van der Waals surface area contributed by atoms with Gasteiger partial charge in [0.25, 0.3) is 0 Å². The summed E-state index contributed by atoms with van der Waals surface area (Å²) in [5, 5.41) is 0. The monoisotopic (exact) mass is 223 g/mol. The highest BCUT2D eigenvalue weighted by Gasteiger charge is 2.16. The normalized spacial score (nSPS) is 16.0. The van der Waals surface area contributed by atoms with Crippen LogP contribution in [0.4, 0.5) is 0 Å². The Morgan fingerprint density at radius 1 is 1.70 bits per heavy atom. The standard InChI is InChI=1S/C3H5Cl3NO2P/c1-2-9-10(6,8)7-3(4)5/h2H2,1H3. The van der Waals surface area contributed by atoms with Gasteiger partial charge in [-0.3, -0.25) is 0 Å². The minimum Gasteiger partial charge on any atom is -0.301 e. The molecule has 0 saturated carbocycles. The molecule has 1 atom stereocenters. The van der Waals surface area contributed by atoms with E-state index in [0.717, 1.165) is 0 Å². The van der Waals surface area contributed by atoms with Crippen molar-refractivity contribution in [3.05, 3.63) is 0 Å². The summed E-state index contributed by atoms with van der Waals surface area (Å²) in [7, 11) is 0. The molecule has 10 heavy (non-hydrogen) atoms. The van der Waals surface area contributed by atoms with Crippen molar-refractivity contribution >= 4 is 45.9 Å². The van der Waals surface area contributed by atoms with E-state index in [-0.39, 0.29) is 6.61 Å². The van der Waals surface area contributed by atoms with Crippen molar-refractivity contribution in [3.8, 4) is 0 Å². The smallest absolute Gasteiger partial charge is 0.301 e. The van der Waals surface area contributed by atoms with Crippen LogP contribution in [0.5, 0.6) is 0 Å². The second-order valence-corrected chi connectivity index (χ2v) is 4.76. The lowest BCUT2D eigenvalue weighted by Gasteiger charge is -2.01. The van der Waals surface area contributed by atoms with Gasteiger partial charge in [-0.25, -0.2) is 4.57 Å². The maximum Gasteiger partial charge on any atom is 0.408 e. The minimum absolute atomic E-state index is 0.200. The molecule has 0 radical (unpaired) electrons. The first kappa shape index (κ1) is 10.7. The van der Waals surface area contributed by atoms with Gasteiger partial charge in [0.05, 0.1) is 6.61 Å². The predicted molar refractivity (Wildman–Crippen MR) is 44.2 cm³/mol. The van der Waals surface area contributed by atoms with Crippen LogP contribution in [0, 0.1) is 0 Å². The summed E-state index contributed by atoms with van der Waals surface area (Å²) in [6.07, 6.45) is 0. The lowest BCUT2D eigenvalue weighted by atomic mass is 10.9. The Bertz CT molecular complexity index is 179. The first-order chi connectivity index (χ1) is 4.48. The van der Waals surface area contributed by atoms with Crippen LogP contribution in [-0.2, 0) is 9.09 Å². The molecule has 1 unspecified atom stereocenters. The summed E-state index contributed by atoms with van der Waals surface area (Å²) < 4.78 is 18.1.